The van der Waals surface area contributed by atoms with Crippen LogP contribution in [0.3, 0.4) is 0 Å². The summed E-state index contributed by atoms with van der Waals surface area (Å²) in [6, 6.07) is 0. The van der Waals surface area contributed by atoms with Crippen LogP contribution in [0.4, 0.5) is 0 Å². The van der Waals surface area contributed by atoms with E-state index in [0.29, 0.717) is 0 Å². The van der Waals surface area contributed by atoms with Crippen molar-refractivity contribution in [1.29, 1.82) is 0 Å². The van der Waals surface area contributed by atoms with Gasteiger partial charge in [-0.3, -0.25) is 9.89 Å². The standard InChI is InChI=1S/C21H37N5OS/c1-17-24-20(16-28-17)15-26-10-5-19(6-11-26)14-23-21(22-2)25(3)9-4-18-7-12-27-13-8-18/h16,18-19H,4-15H2,1-3H3,(H,22,23). The number of hydrogen-bond acceptors (Lipinski definition) is 5. The second-order valence-corrected chi connectivity index (χ2v) is 9.33. The van der Waals surface area contributed by atoms with Crippen molar-refractivity contribution >= 4 is 17.3 Å². The zero-order chi connectivity index (χ0) is 19.8. The molecule has 1 aromatic rings. The molecule has 0 unspecified atom stereocenters. The van der Waals surface area contributed by atoms with Crippen LogP contribution in [0.15, 0.2) is 10.4 Å². The molecule has 2 fully saturated rings. The van der Waals surface area contributed by atoms with Gasteiger partial charge in [-0.1, -0.05) is 0 Å². The maximum absolute atomic E-state index is 5.47. The Balaban J connectivity index is 1.33. The fraction of sp³-hybridized carbons (Fsp3) is 0.810. The van der Waals surface area contributed by atoms with E-state index in [1.54, 1.807) is 11.3 Å². The maximum Gasteiger partial charge on any atom is 0.193 e. The normalized spacial score (nSPS) is 20.5. The van der Waals surface area contributed by atoms with Gasteiger partial charge in [0.2, 0.25) is 0 Å². The number of nitrogens with zero attached hydrogens (tertiary/aromatic N) is 4. The van der Waals surface area contributed by atoms with E-state index >= 15 is 0 Å². The summed E-state index contributed by atoms with van der Waals surface area (Å²) in [6.45, 7) is 9.38. The Labute approximate surface area is 174 Å². The number of ether oxygens (including phenoxy) is 1. The second kappa shape index (κ2) is 11.1. The molecule has 2 saturated heterocycles. The minimum absolute atomic E-state index is 0.731. The van der Waals surface area contributed by atoms with Gasteiger partial charge in [0.15, 0.2) is 5.96 Å². The molecule has 0 amide bonds. The third kappa shape index (κ3) is 6.71. The first-order valence-corrected chi connectivity index (χ1v) is 11.6. The Bertz CT molecular complexity index is 606. The topological polar surface area (TPSA) is 53.0 Å². The van der Waals surface area contributed by atoms with Gasteiger partial charge in [0.05, 0.1) is 10.7 Å². The van der Waals surface area contributed by atoms with Crippen LogP contribution in [0, 0.1) is 18.8 Å². The van der Waals surface area contributed by atoms with Crippen LogP contribution in [-0.2, 0) is 11.3 Å². The largest absolute Gasteiger partial charge is 0.381 e. The average Bonchev–Trinajstić information content (AvgIpc) is 3.13. The van der Waals surface area contributed by atoms with Crippen molar-refractivity contribution in [2.75, 3.05) is 53.5 Å². The minimum Gasteiger partial charge on any atom is -0.381 e. The molecule has 2 aliphatic rings. The highest BCUT2D eigenvalue weighted by molar-refractivity contribution is 7.09. The van der Waals surface area contributed by atoms with Gasteiger partial charge in [-0.2, -0.15) is 0 Å². The van der Waals surface area contributed by atoms with Gasteiger partial charge in [-0.05, 0) is 64.0 Å². The number of hydrogen-bond donors (Lipinski definition) is 1. The number of thiazole rings is 1. The number of aromatic nitrogens is 1. The summed E-state index contributed by atoms with van der Waals surface area (Å²) < 4.78 is 5.47. The van der Waals surface area contributed by atoms with Crippen LogP contribution in [0.25, 0.3) is 0 Å². The van der Waals surface area contributed by atoms with E-state index < -0.39 is 0 Å². The SMILES string of the molecule is CN=C(NCC1CCN(Cc2csc(C)n2)CC1)N(C)CCC1CCOCC1. The Morgan fingerprint density at radius 1 is 1.29 bits per heavy atom. The maximum atomic E-state index is 5.47. The lowest BCUT2D eigenvalue weighted by Gasteiger charge is -2.32. The zero-order valence-electron chi connectivity index (χ0n) is 17.8. The highest BCUT2D eigenvalue weighted by Crippen LogP contribution is 2.20. The van der Waals surface area contributed by atoms with E-state index in [1.165, 1.54) is 55.9 Å². The van der Waals surface area contributed by atoms with Crippen LogP contribution in [-0.4, -0.2) is 74.2 Å². The summed E-state index contributed by atoms with van der Waals surface area (Å²) in [5, 5.41) is 6.98. The molecule has 0 atom stereocenters. The van der Waals surface area contributed by atoms with Gasteiger partial charge in [0.25, 0.3) is 0 Å². The summed E-state index contributed by atoms with van der Waals surface area (Å²) in [5.41, 5.74) is 1.23. The fourth-order valence-electron chi connectivity index (χ4n) is 4.20. The number of nitrogens with one attached hydrogen (secondary N) is 1. The van der Waals surface area contributed by atoms with Crippen molar-refractivity contribution in [3.8, 4) is 0 Å². The fourth-order valence-corrected chi connectivity index (χ4v) is 4.80. The van der Waals surface area contributed by atoms with Crippen LogP contribution in [0.2, 0.25) is 0 Å². The minimum atomic E-state index is 0.731. The number of piperidine rings is 1. The number of aryl methyl sites for hydroxylation is 1. The first-order valence-electron chi connectivity index (χ1n) is 10.8. The second-order valence-electron chi connectivity index (χ2n) is 8.27. The summed E-state index contributed by atoms with van der Waals surface area (Å²) in [5.74, 6) is 2.57. The molecular formula is C21H37N5OS. The van der Waals surface area contributed by atoms with E-state index in [1.807, 2.05) is 7.05 Å². The van der Waals surface area contributed by atoms with Gasteiger partial charge in [0.1, 0.15) is 0 Å². The lowest BCUT2D eigenvalue weighted by Crippen LogP contribution is -2.44. The Hall–Kier alpha value is -1.18. The molecule has 0 bridgehead atoms. The molecular weight excluding hydrogens is 370 g/mol. The van der Waals surface area contributed by atoms with Crippen molar-refractivity contribution in [1.82, 2.24) is 20.1 Å². The van der Waals surface area contributed by atoms with Crippen molar-refractivity contribution < 1.29 is 4.74 Å². The lowest BCUT2D eigenvalue weighted by atomic mass is 9.96. The van der Waals surface area contributed by atoms with Gasteiger partial charge in [0, 0.05) is 52.3 Å². The van der Waals surface area contributed by atoms with Gasteiger partial charge < -0.3 is 15.0 Å². The molecule has 158 valence electrons. The number of guanidine groups is 1. The first kappa shape index (κ1) is 21.5. The predicted octanol–water partition coefficient (Wildman–Crippen LogP) is 2.99. The highest BCUT2D eigenvalue weighted by atomic mass is 32.1. The summed E-state index contributed by atoms with van der Waals surface area (Å²) in [7, 11) is 4.05. The van der Waals surface area contributed by atoms with Gasteiger partial charge in [-0.25, -0.2) is 4.98 Å². The van der Waals surface area contributed by atoms with Crippen LogP contribution in [0.5, 0.6) is 0 Å². The zero-order valence-corrected chi connectivity index (χ0v) is 18.6. The average molecular weight is 408 g/mol. The smallest absolute Gasteiger partial charge is 0.193 e. The Morgan fingerprint density at radius 3 is 2.68 bits per heavy atom. The third-order valence-corrected chi connectivity index (χ3v) is 6.92. The first-order chi connectivity index (χ1) is 13.6. The molecule has 0 aromatic carbocycles. The molecule has 6 nitrogen and oxygen atoms in total. The molecule has 0 saturated carbocycles. The molecule has 0 aliphatic carbocycles. The summed E-state index contributed by atoms with van der Waals surface area (Å²) in [6.07, 6.45) is 6.14. The van der Waals surface area contributed by atoms with E-state index in [0.717, 1.165) is 50.6 Å². The molecule has 3 rings (SSSR count). The van der Waals surface area contributed by atoms with Crippen LogP contribution in [0.1, 0.15) is 42.8 Å². The van der Waals surface area contributed by atoms with E-state index in [-0.39, 0.29) is 0 Å². The summed E-state index contributed by atoms with van der Waals surface area (Å²) >= 11 is 1.75. The van der Waals surface area contributed by atoms with Crippen molar-refractivity contribution in [3.63, 3.8) is 0 Å². The molecule has 1 aromatic heterocycles. The van der Waals surface area contributed by atoms with Gasteiger partial charge in [-0.15, -0.1) is 11.3 Å². The number of rotatable bonds is 7. The third-order valence-electron chi connectivity index (χ3n) is 6.10. The number of likely N-dealkylation sites (tertiary alicyclic amines) is 1. The summed E-state index contributed by atoms with van der Waals surface area (Å²) in [4.78, 5) is 13.9. The van der Waals surface area contributed by atoms with Crippen molar-refractivity contribution in [2.45, 2.75) is 45.6 Å². The molecule has 2 aliphatic heterocycles. The van der Waals surface area contributed by atoms with Gasteiger partial charge >= 0.3 is 0 Å². The van der Waals surface area contributed by atoms with Crippen LogP contribution >= 0.6 is 11.3 Å². The molecule has 3 heterocycles. The van der Waals surface area contributed by atoms with E-state index in [4.69, 9.17) is 4.74 Å². The van der Waals surface area contributed by atoms with E-state index in [2.05, 4.69) is 44.4 Å². The predicted molar refractivity (Wildman–Crippen MR) is 117 cm³/mol. The molecule has 0 radical (unpaired) electrons. The van der Waals surface area contributed by atoms with Crippen LogP contribution < -0.4 is 5.32 Å². The molecule has 0 spiro atoms. The van der Waals surface area contributed by atoms with Crippen molar-refractivity contribution in [3.05, 3.63) is 16.1 Å². The Kier molecular flexibility index (Phi) is 8.55. The highest BCUT2D eigenvalue weighted by Gasteiger charge is 2.21. The monoisotopic (exact) mass is 407 g/mol. The molecule has 1 N–H and O–H groups in total. The quantitative estimate of drug-likeness (QED) is 0.556. The van der Waals surface area contributed by atoms with Crippen molar-refractivity contribution in [2.24, 2.45) is 16.8 Å². The molecule has 7 heteroatoms. The number of aliphatic imine (C=N–C) groups is 1. The van der Waals surface area contributed by atoms with E-state index in [9.17, 15) is 0 Å². The molecule has 28 heavy (non-hydrogen) atoms. The lowest BCUT2D eigenvalue weighted by molar-refractivity contribution is 0.0625. The Morgan fingerprint density at radius 2 is 2.04 bits per heavy atom.